The summed E-state index contributed by atoms with van der Waals surface area (Å²) in [5.74, 6) is 0.586. The van der Waals surface area contributed by atoms with Gasteiger partial charge in [-0.05, 0) is 38.8 Å². The first-order valence-electron chi connectivity index (χ1n) is 5.67. The minimum absolute atomic E-state index is 0. The van der Waals surface area contributed by atoms with Gasteiger partial charge < -0.3 is 10.6 Å². The van der Waals surface area contributed by atoms with Crippen molar-refractivity contribution in [3.8, 4) is 0 Å². The van der Waals surface area contributed by atoms with Gasteiger partial charge >= 0.3 is 0 Å². The number of nitrogens with zero attached hydrogens (tertiary/aromatic N) is 1. The van der Waals surface area contributed by atoms with Gasteiger partial charge in [0.1, 0.15) is 4.88 Å². The molecule has 1 fully saturated rings. The summed E-state index contributed by atoms with van der Waals surface area (Å²) in [6.45, 7) is 4.80. The minimum atomic E-state index is 0. The first kappa shape index (κ1) is 14.4. The number of thiazole rings is 1. The van der Waals surface area contributed by atoms with Crippen molar-refractivity contribution in [2.75, 3.05) is 19.6 Å². The fraction of sp³-hybridized carbons (Fsp3) is 0.636. The molecule has 1 aromatic heterocycles. The van der Waals surface area contributed by atoms with Gasteiger partial charge in [-0.15, -0.1) is 23.7 Å². The number of nitrogens with one attached hydrogen (secondary N) is 2. The van der Waals surface area contributed by atoms with Crippen LogP contribution in [-0.4, -0.2) is 30.5 Å². The van der Waals surface area contributed by atoms with Crippen LogP contribution in [0, 0.1) is 12.8 Å². The van der Waals surface area contributed by atoms with Crippen LogP contribution in [0.15, 0.2) is 6.20 Å². The topological polar surface area (TPSA) is 54.0 Å². The molecule has 0 saturated carbocycles. The average Bonchev–Trinajstić information content (AvgIpc) is 2.74. The maximum atomic E-state index is 11.7. The molecule has 1 atom stereocenters. The van der Waals surface area contributed by atoms with Gasteiger partial charge in [0.25, 0.3) is 5.91 Å². The summed E-state index contributed by atoms with van der Waals surface area (Å²) in [4.78, 5) is 16.5. The molecule has 0 spiro atoms. The van der Waals surface area contributed by atoms with Crippen LogP contribution in [0.5, 0.6) is 0 Å². The lowest BCUT2D eigenvalue weighted by Gasteiger charge is -2.22. The number of carbonyl (C=O) groups excluding carboxylic acids is 1. The summed E-state index contributed by atoms with van der Waals surface area (Å²) in [6.07, 6.45) is 4.06. The normalized spacial score (nSPS) is 19.5. The molecule has 1 aliphatic rings. The minimum Gasteiger partial charge on any atom is -0.351 e. The standard InChI is InChI=1S/C11H17N3OS.ClH/c1-8-13-7-10(16-8)11(15)14-6-9-3-2-4-12-5-9;/h7,9,12H,2-6H2,1H3,(H,14,15);1H. The molecule has 1 aromatic rings. The Hall–Kier alpha value is -0.650. The van der Waals surface area contributed by atoms with Crippen molar-refractivity contribution in [1.29, 1.82) is 0 Å². The first-order chi connectivity index (χ1) is 7.75. The number of amides is 1. The fourth-order valence-electron chi connectivity index (χ4n) is 1.89. The predicted molar refractivity (Wildman–Crippen MR) is 72.0 cm³/mol. The lowest BCUT2D eigenvalue weighted by Crippen LogP contribution is -2.37. The average molecular weight is 276 g/mol. The van der Waals surface area contributed by atoms with Crippen molar-refractivity contribution in [2.24, 2.45) is 5.92 Å². The Morgan fingerprint density at radius 2 is 2.53 bits per heavy atom. The Morgan fingerprint density at radius 3 is 3.12 bits per heavy atom. The van der Waals surface area contributed by atoms with Crippen LogP contribution >= 0.6 is 23.7 Å². The Bertz CT molecular complexity index is 363. The molecule has 0 bridgehead atoms. The largest absolute Gasteiger partial charge is 0.351 e. The second-order valence-corrected chi connectivity index (χ2v) is 5.40. The van der Waals surface area contributed by atoms with Crippen molar-refractivity contribution in [3.05, 3.63) is 16.1 Å². The number of rotatable bonds is 3. The van der Waals surface area contributed by atoms with Crippen LogP contribution in [-0.2, 0) is 0 Å². The van der Waals surface area contributed by atoms with Crippen molar-refractivity contribution in [2.45, 2.75) is 19.8 Å². The quantitative estimate of drug-likeness (QED) is 0.881. The highest BCUT2D eigenvalue weighted by Gasteiger charge is 2.15. The SMILES string of the molecule is Cc1ncc(C(=O)NCC2CCCNC2)s1.Cl. The van der Waals surface area contributed by atoms with E-state index in [4.69, 9.17) is 0 Å². The molecule has 2 rings (SSSR count). The molecule has 6 heteroatoms. The molecule has 1 saturated heterocycles. The fourth-order valence-corrected chi connectivity index (χ4v) is 2.58. The highest BCUT2D eigenvalue weighted by atomic mass is 35.5. The van der Waals surface area contributed by atoms with Crippen LogP contribution in [0.2, 0.25) is 0 Å². The monoisotopic (exact) mass is 275 g/mol. The van der Waals surface area contributed by atoms with Gasteiger partial charge in [0, 0.05) is 6.54 Å². The van der Waals surface area contributed by atoms with Crippen LogP contribution in [0.25, 0.3) is 0 Å². The number of halogens is 1. The zero-order chi connectivity index (χ0) is 11.4. The first-order valence-corrected chi connectivity index (χ1v) is 6.48. The molecule has 0 aromatic carbocycles. The van der Waals surface area contributed by atoms with E-state index in [1.54, 1.807) is 6.20 Å². The number of hydrogen-bond donors (Lipinski definition) is 2. The van der Waals surface area contributed by atoms with Gasteiger partial charge in [0.2, 0.25) is 0 Å². The van der Waals surface area contributed by atoms with Gasteiger partial charge in [-0.25, -0.2) is 4.98 Å². The maximum absolute atomic E-state index is 11.7. The third kappa shape index (κ3) is 4.26. The van der Waals surface area contributed by atoms with Crippen LogP contribution in [0.3, 0.4) is 0 Å². The van der Waals surface area contributed by atoms with Crippen molar-refractivity contribution >= 4 is 29.7 Å². The lowest BCUT2D eigenvalue weighted by atomic mass is 10.00. The second-order valence-electron chi connectivity index (χ2n) is 4.17. The van der Waals surface area contributed by atoms with Crippen LogP contribution < -0.4 is 10.6 Å². The van der Waals surface area contributed by atoms with E-state index in [2.05, 4.69) is 15.6 Å². The predicted octanol–water partition coefficient (Wildman–Crippen LogP) is 1.60. The van der Waals surface area contributed by atoms with Gasteiger partial charge in [0.15, 0.2) is 0 Å². The highest BCUT2D eigenvalue weighted by Crippen LogP contribution is 2.12. The van der Waals surface area contributed by atoms with Gasteiger partial charge in [-0.2, -0.15) is 0 Å². The van der Waals surface area contributed by atoms with E-state index in [9.17, 15) is 4.79 Å². The summed E-state index contributed by atoms with van der Waals surface area (Å²) < 4.78 is 0. The Balaban J connectivity index is 0.00000144. The molecular formula is C11H18ClN3OS. The van der Waals surface area contributed by atoms with Crippen LogP contribution in [0.4, 0.5) is 0 Å². The molecule has 2 heterocycles. The van der Waals surface area contributed by atoms with E-state index in [0.29, 0.717) is 10.8 Å². The van der Waals surface area contributed by atoms with E-state index in [1.165, 1.54) is 24.2 Å². The Kier molecular flexibility index (Phi) is 5.88. The van der Waals surface area contributed by atoms with Gasteiger partial charge in [-0.3, -0.25) is 4.79 Å². The zero-order valence-electron chi connectivity index (χ0n) is 9.86. The summed E-state index contributed by atoms with van der Waals surface area (Å²) in [5, 5.41) is 7.25. The lowest BCUT2D eigenvalue weighted by molar-refractivity contribution is 0.0948. The number of piperidine rings is 1. The van der Waals surface area contributed by atoms with Gasteiger partial charge in [0.05, 0.1) is 11.2 Å². The Morgan fingerprint density at radius 1 is 1.71 bits per heavy atom. The molecule has 1 aliphatic heterocycles. The number of aryl methyl sites for hydroxylation is 1. The summed E-state index contributed by atoms with van der Waals surface area (Å²) >= 11 is 1.44. The highest BCUT2D eigenvalue weighted by molar-refractivity contribution is 7.13. The molecule has 0 aliphatic carbocycles. The van der Waals surface area contributed by atoms with Crippen molar-refractivity contribution in [3.63, 3.8) is 0 Å². The van der Waals surface area contributed by atoms with E-state index >= 15 is 0 Å². The third-order valence-electron chi connectivity index (χ3n) is 2.80. The van der Waals surface area contributed by atoms with Gasteiger partial charge in [-0.1, -0.05) is 0 Å². The summed E-state index contributed by atoms with van der Waals surface area (Å²) in [5.41, 5.74) is 0. The smallest absolute Gasteiger partial charge is 0.263 e. The summed E-state index contributed by atoms with van der Waals surface area (Å²) in [7, 11) is 0. The molecule has 1 unspecified atom stereocenters. The third-order valence-corrected chi connectivity index (χ3v) is 3.71. The molecule has 96 valence electrons. The second kappa shape index (κ2) is 6.93. The zero-order valence-corrected chi connectivity index (χ0v) is 11.5. The van der Waals surface area contributed by atoms with E-state index in [0.717, 1.165) is 24.6 Å². The Labute approximate surface area is 112 Å². The number of hydrogen-bond acceptors (Lipinski definition) is 4. The molecule has 1 amide bonds. The van der Waals surface area contributed by atoms with Crippen molar-refractivity contribution in [1.82, 2.24) is 15.6 Å². The molecule has 2 N–H and O–H groups in total. The van der Waals surface area contributed by atoms with Crippen LogP contribution in [0.1, 0.15) is 27.5 Å². The number of carbonyl (C=O) groups is 1. The molecule has 17 heavy (non-hydrogen) atoms. The molecule has 0 radical (unpaired) electrons. The van der Waals surface area contributed by atoms with E-state index in [1.807, 2.05) is 6.92 Å². The molecule has 4 nitrogen and oxygen atoms in total. The number of aromatic nitrogens is 1. The maximum Gasteiger partial charge on any atom is 0.263 e. The molecular weight excluding hydrogens is 258 g/mol. The summed E-state index contributed by atoms with van der Waals surface area (Å²) in [6, 6.07) is 0. The van der Waals surface area contributed by atoms with E-state index < -0.39 is 0 Å². The van der Waals surface area contributed by atoms with Crippen molar-refractivity contribution < 1.29 is 4.79 Å². The van der Waals surface area contributed by atoms with E-state index in [-0.39, 0.29) is 18.3 Å².